The molecule has 0 bridgehead atoms. The van der Waals surface area contributed by atoms with Gasteiger partial charge in [0.2, 0.25) is 0 Å². The molecule has 2 nitrogen and oxygen atoms in total. The number of alkyl halides is 3. The van der Waals surface area contributed by atoms with Gasteiger partial charge in [-0.25, -0.2) is 0 Å². The third-order valence-corrected chi connectivity index (χ3v) is 3.40. The van der Waals surface area contributed by atoms with Gasteiger partial charge in [-0.1, -0.05) is 32.6 Å². The van der Waals surface area contributed by atoms with Crippen molar-refractivity contribution in [3.8, 4) is 0 Å². The van der Waals surface area contributed by atoms with Gasteiger partial charge in [0.05, 0.1) is 12.6 Å². The van der Waals surface area contributed by atoms with E-state index in [1.54, 1.807) is 6.92 Å². The van der Waals surface area contributed by atoms with E-state index >= 15 is 0 Å². The first-order valence-corrected chi connectivity index (χ1v) is 6.38. The van der Waals surface area contributed by atoms with Gasteiger partial charge in [0, 0.05) is 6.54 Å². The number of hydrogen-bond donors (Lipinski definition) is 1. The van der Waals surface area contributed by atoms with E-state index in [-0.39, 0.29) is 6.54 Å². The van der Waals surface area contributed by atoms with Crippen molar-refractivity contribution in [3.63, 3.8) is 0 Å². The van der Waals surface area contributed by atoms with Crippen LogP contribution in [0.1, 0.15) is 39.0 Å². The summed E-state index contributed by atoms with van der Waals surface area (Å²) in [6, 6.07) is 0. The predicted octanol–water partition coefficient (Wildman–Crippen LogP) is 2.81. The molecule has 1 N–H and O–H groups in total. The van der Waals surface area contributed by atoms with Crippen LogP contribution in [0.15, 0.2) is 0 Å². The van der Waals surface area contributed by atoms with Gasteiger partial charge >= 0.3 is 6.18 Å². The van der Waals surface area contributed by atoms with Crippen LogP contribution in [-0.2, 0) is 0 Å². The number of hydrogen-bond acceptors (Lipinski definition) is 2. The fraction of sp³-hybridized carbons (Fsp3) is 1.00. The normalized spacial score (nSPS) is 20.1. The highest BCUT2D eigenvalue weighted by Gasteiger charge is 2.31. The highest BCUT2D eigenvalue weighted by atomic mass is 19.4. The largest absolute Gasteiger partial charge is 0.401 e. The van der Waals surface area contributed by atoms with Crippen molar-refractivity contribution in [2.75, 3.05) is 19.6 Å². The minimum Gasteiger partial charge on any atom is -0.392 e. The molecule has 0 spiro atoms. The molecule has 1 rings (SSSR count). The lowest BCUT2D eigenvalue weighted by molar-refractivity contribution is -0.148. The van der Waals surface area contributed by atoms with Crippen molar-refractivity contribution in [3.05, 3.63) is 0 Å². The summed E-state index contributed by atoms with van der Waals surface area (Å²) in [5, 5.41) is 9.80. The van der Waals surface area contributed by atoms with Crippen LogP contribution in [0, 0.1) is 5.92 Å². The summed E-state index contributed by atoms with van der Waals surface area (Å²) in [5.74, 6) is 0.509. The van der Waals surface area contributed by atoms with Gasteiger partial charge in [0.25, 0.3) is 0 Å². The van der Waals surface area contributed by atoms with Crippen LogP contribution >= 0.6 is 0 Å². The molecular weight excluding hydrogens is 231 g/mol. The van der Waals surface area contributed by atoms with E-state index in [9.17, 15) is 18.3 Å². The Morgan fingerprint density at radius 3 is 2.35 bits per heavy atom. The third kappa shape index (κ3) is 6.27. The van der Waals surface area contributed by atoms with Crippen molar-refractivity contribution in [2.24, 2.45) is 5.92 Å². The maximum absolute atomic E-state index is 12.2. The molecule has 1 atom stereocenters. The van der Waals surface area contributed by atoms with E-state index in [1.165, 1.54) is 17.7 Å². The van der Waals surface area contributed by atoms with Crippen molar-refractivity contribution < 1.29 is 18.3 Å². The Kier molecular flexibility index (Phi) is 5.73. The van der Waals surface area contributed by atoms with Gasteiger partial charge in [-0.2, -0.15) is 13.2 Å². The molecule has 1 fully saturated rings. The van der Waals surface area contributed by atoms with E-state index in [4.69, 9.17) is 0 Å². The van der Waals surface area contributed by atoms with Gasteiger partial charge in [-0.15, -0.1) is 0 Å². The molecule has 1 unspecified atom stereocenters. The molecule has 0 amide bonds. The zero-order valence-corrected chi connectivity index (χ0v) is 10.3. The molecule has 0 aliphatic heterocycles. The molecule has 102 valence electrons. The maximum atomic E-state index is 12.2. The summed E-state index contributed by atoms with van der Waals surface area (Å²) in [6.45, 7) is 1.22. The number of aliphatic hydroxyl groups is 1. The first kappa shape index (κ1) is 14.8. The van der Waals surface area contributed by atoms with Crippen molar-refractivity contribution >= 4 is 0 Å². The van der Waals surface area contributed by atoms with Crippen LogP contribution in [0.4, 0.5) is 13.2 Å². The predicted molar refractivity (Wildman–Crippen MR) is 60.8 cm³/mol. The topological polar surface area (TPSA) is 23.5 Å². The Labute approximate surface area is 101 Å². The Morgan fingerprint density at radius 1 is 1.29 bits per heavy atom. The van der Waals surface area contributed by atoms with Crippen LogP contribution < -0.4 is 0 Å². The second-order valence-electron chi connectivity index (χ2n) is 4.98. The van der Waals surface area contributed by atoms with Gasteiger partial charge in [0.1, 0.15) is 0 Å². The van der Waals surface area contributed by atoms with Crippen LogP contribution in [0.5, 0.6) is 0 Å². The van der Waals surface area contributed by atoms with Gasteiger partial charge in [0.15, 0.2) is 0 Å². The monoisotopic (exact) mass is 253 g/mol. The minimum atomic E-state index is -4.18. The van der Waals surface area contributed by atoms with Crippen LogP contribution in [0.3, 0.4) is 0 Å². The molecule has 17 heavy (non-hydrogen) atoms. The lowest BCUT2D eigenvalue weighted by atomic mass is 10.00. The van der Waals surface area contributed by atoms with Crippen molar-refractivity contribution in [1.82, 2.24) is 4.90 Å². The Balaban J connectivity index is 2.28. The fourth-order valence-corrected chi connectivity index (χ4v) is 2.56. The zero-order chi connectivity index (χ0) is 12.9. The molecule has 1 aliphatic carbocycles. The molecular formula is C12H22F3NO. The van der Waals surface area contributed by atoms with E-state index in [0.29, 0.717) is 18.9 Å². The molecule has 0 aromatic rings. The summed E-state index contributed by atoms with van der Waals surface area (Å²) >= 11 is 0. The molecule has 0 aromatic heterocycles. The van der Waals surface area contributed by atoms with Gasteiger partial charge < -0.3 is 5.11 Å². The second-order valence-corrected chi connectivity index (χ2v) is 4.98. The zero-order valence-electron chi connectivity index (χ0n) is 10.3. The van der Waals surface area contributed by atoms with Crippen LogP contribution in [-0.4, -0.2) is 41.9 Å². The summed E-state index contributed by atoms with van der Waals surface area (Å²) in [5.41, 5.74) is 0. The van der Waals surface area contributed by atoms with Gasteiger partial charge in [-0.05, 0) is 18.9 Å². The number of nitrogens with zero attached hydrogens (tertiary/aromatic N) is 1. The maximum Gasteiger partial charge on any atom is 0.401 e. The molecule has 0 saturated heterocycles. The number of likely N-dealkylation sites (N-methyl/N-ethyl adjacent to an activating group) is 1. The lowest BCUT2D eigenvalue weighted by Crippen LogP contribution is -2.39. The standard InChI is InChI=1S/C12H22F3NO/c1-2-16(9-12(13,14)15)8-11(17)7-10-5-3-4-6-10/h10-11,17H,2-9H2,1H3. The molecule has 5 heteroatoms. The quantitative estimate of drug-likeness (QED) is 0.787. The first-order valence-electron chi connectivity index (χ1n) is 6.38. The van der Waals surface area contributed by atoms with Gasteiger partial charge in [-0.3, -0.25) is 4.90 Å². The fourth-order valence-electron chi connectivity index (χ4n) is 2.56. The van der Waals surface area contributed by atoms with Crippen molar-refractivity contribution in [2.45, 2.75) is 51.3 Å². The number of rotatable bonds is 6. The van der Waals surface area contributed by atoms with Crippen LogP contribution in [0.25, 0.3) is 0 Å². The Hall–Kier alpha value is -0.290. The average Bonchev–Trinajstić information content (AvgIpc) is 2.67. The Morgan fingerprint density at radius 2 is 1.88 bits per heavy atom. The Bertz CT molecular complexity index is 214. The van der Waals surface area contributed by atoms with Crippen molar-refractivity contribution in [1.29, 1.82) is 0 Å². The highest BCUT2D eigenvalue weighted by Crippen LogP contribution is 2.28. The van der Waals surface area contributed by atoms with E-state index < -0.39 is 18.8 Å². The molecule has 0 heterocycles. The van der Waals surface area contributed by atoms with E-state index in [1.807, 2.05) is 0 Å². The molecule has 0 radical (unpaired) electrons. The number of aliphatic hydroxyl groups excluding tert-OH is 1. The summed E-state index contributed by atoms with van der Waals surface area (Å²) < 4.78 is 36.7. The smallest absolute Gasteiger partial charge is 0.392 e. The third-order valence-electron chi connectivity index (χ3n) is 3.40. The number of halogens is 3. The highest BCUT2D eigenvalue weighted by molar-refractivity contribution is 4.74. The molecule has 0 aromatic carbocycles. The molecule has 1 aliphatic rings. The van der Waals surface area contributed by atoms with E-state index in [2.05, 4.69) is 0 Å². The first-order chi connectivity index (χ1) is 7.90. The lowest BCUT2D eigenvalue weighted by Gasteiger charge is -2.25. The SMILES string of the molecule is CCN(CC(O)CC1CCCC1)CC(F)(F)F. The summed E-state index contributed by atoms with van der Waals surface area (Å²) in [4.78, 5) is 1.26. The summed E-state index contributed by atoms with van der Waals surface area (Å²) in [6.07, 6.45) is 0.456. The molecule has 1 saturated carbocycles. The second kappa shape index (κ2) is 6.59. The van der Waals surface area contributed by atoms with E-state index in [0.717, 1.165) is 12.8 Å². The minimum absolute atomic E-state index is 0.131. The van der Waals surface area contributed by atoms with Crippen LogP contribution in [0.2, 0.25) is 0 Å². The average molecular weight is 253 g/mol. The summed E-state index contributed by atoms with van der Waals surface area (Å²) in [7, 11) is 0.